The largest absolute Gasteiger partial charge is 0.345 e. The van der Waals surface area contributed by atoms with Crippen LogP contribution in [0.15, 0.2) is 73.1 Å². The summed E-state index contributed by atoms with van der Waals surface area (Å²) in [6.07, 6.45) is 3.71. The van der Waals surface area contributed by atoms with E-state index in [9.17, 15) is 0 Å². The number of hydrogen-bond acceptors (Lipinski definition) is 4. The second-order valence-corrected chi connectivity index (χ2v) is 6.60. The van der Waals surface area contributed by atoms with Crippen molar-refractivity contribution in [3.63, 3.8) is 0 Å². The van der Waals surface area contributed by atoms with Crippen molar-refractivity contribution in [1.82, 2.24) is 15.0 Å². The monoisotopic (exact) mass is 392 g/mol. The van der Waals surface area contributed by atoms with Crippen LogP contribution in [0.1, 0.15) is 0 Å². The Morgan fingerprint density at radius 1 is 1.07 bits per heavy atom. The summed E-state index contributed by atoms with van der Waals surface area (Å²) in [5.74, 6) is 1.46. The number of anilines is 2. The minimum atomic E-state index is 0.432. The molecular formula is C21H19ClN5O+. The minimum absolute atomic E-state index is 0.432. The molecule has 6 nitrogen and oxygen atoms in total. The molecule has 7 heteroatoms. The Kier molecular flexibility index (Phi) is 5.32. The number of halogens is 1. The van der Waals surface area contributed by atoms with Crippen molar-refractivity contribution >= 4 is 23.2 Å². The van der Waals surface area contributed by atoms with Gasteiger partial charge in [-0.2, -0.15) is 0 Å². The van der Waals surface area contributed by atoms with Gasteiger partial charge in [0.15, 0.2) is 12.4 Å². The first-order chi connectivity index (χ1) is 13.7. The Morgan fingerprint density at radius 3 is 2.61 bits per heavy atom. The first-order valence-electron chi connectivity index (χ1n) is 8.76. The zero-order chi connectivity index (χ0) is 19.3. The van der Waals surface area contributed by atoms with Crippen molar-refractivity contribution in [1.29, 1.82) is 0 Å². The van der Waals surface area contributed by atoms with Crippen molar-refractivity contribution in [2.24, 2.45) is 0 Å². The third kappa shape index (κ3) is 4.03. The summed E-state index contributed by atoms with van der Waals surface area (Å²) >= 11 is 5.94. The molecule has 0 spiro atoms. The molecule has 0 amide bonds. The molecule has 2 N–H and O–H groups in total. The van der Waals surface area contributed by atoms with Crippen molar-refractivity contribution in [3.05, 3.63) is 78.1 Å². The molecule has 0 aliphatic rings. The molecule has 4 rings (SSSR count). The third-order valence-electron chi connectivity index (χ3n) is 4.17. The fourth-order valence-electron chi connectivity index (χ4n) is 2.89. The quantitative estimate of drug-likeness (QED) is 0.476. The van der Waals surface area contributed by atoms with Gasteiger partial charge < -0.3 is 10.1 Å². The molecule has 2 aromatic carbocycles. The van der Waals surface area contributed by atoms with E-state index in [1.807, 2.05) is 59.3 Å². The average molecular weight is 393 g/mol. The maximum atomic E-state index is 5.94. The zero-order valence-electron chi connectivity index (χ0n) is 15.3. The van der Waals surface area contributed by atoms with E-state index in [4.69, 9.17) is 16.3 Å². The summed E-state index contributed by atoms with van der Waals surface area (Å²) in [4.78, 5) is 12.4. The molecule has 0 aliphatic carbocycles. The van der Waals surface area contributed by atoms with Gasteiger partial charge in [0.25, 0.3) is 5.82 Å². The highest BCUT2D eigenvalue weighted by atomic mass is 35.5. The lowest BCUT2D eigenvalue weighted by Gasteiger charge is -2.05. The summed E-state index contributed by atoms with van der Waals surface area (Å²) in [5.41, 5.74) is 3.59. The Labute approximate surface area is 167 Å². The molecule has 0 atom stereocenters. The number of methoxy groups -OCH3 is 1. The topological polar surface area (TPSA) is 66.7 Å². The molecule has 0 fully saturated rings. The molecule has 2 heterocycles. The number of H-pyrrole nitrogens is 1. The van der Waals surface area contributed by atoms with E-state index in [2.05, 4.69) is 32.4 Å². The minimum Gasteiger partial charge on any atom is -0.345 e. The lowest BCUT2D eigenvalue weighted by Crippen LogP contribution is -2.34. The molecule has 4 aromatic rings. The van der Waals surface area contributed by atoms with Crippen molar-refractivity contribution in [2.75, 3.05) is 12.4 Å². The highest BCUT2D eigenvalue weighted by Gasteiger charge is 2.19. The number of aromatic amines is 1. The van der Waals surface area contributed by atoms with E-state index in [-0.39, 0.29) is 0 Å². The Morgan fingerprint density at radius 2 is 1.86 bits per heavy atom. The predicted molar refractivity (Wildman–Crippen MR) is 109 cm³/mol. The Bertz CT molecular complexity index is 1060. The number of ether oxygens (including phenoxy) is 1. The zero-order valence-corrected chi connectivity index (χ0v) is 16.0. The van der Waals surface area contributed by atoms with Gasteiger partial charge in [-0.25, -0.2) is 19.5 Å². The van der Waals surface area contributed by atoms with Gasteiger partial charge in [0.1, 0.15) is 11.9 Å². The van der Waals surface area contributed by atoms with Gasteiger partial charge in [-0.05, 0) is 42.5 Å². The van der Waals surface area contributed by atoms with Crippen LogP contribution >= 0.6 is 11.6 Å². The van der Waals surface area contributed by atoms with E-state index in [0.29, 0.717) is 17.7 Å². The first kappa shape index (κ1) is 18.2. The van der Waals surface area contributed by atoms with E-state index >= 15 is 0 Å². The second-order valence-electron chi connectivity index (χ2n) is 6.17. The average Bonchev–Trinajstić information content (AvgIpc) is 3.15. The molecule has 0 saturated carbocycles. The molecule has 0 saturated heterocycles. The van der Waals surface area contributed by atoms with Gasteiger partial charge in [0, 0.05) is 24.0 Å². The normalized spacial score (nSPS) is 10.8. The van der Waals surface area contributed by atoms with Crippen LogP contribution < -0.4 is 9.88 Å². The molecule has 28 heavy (non-hydrogen) atoms. The number of hydrogen-bond donors (Lipinski definition) is 2. The summed E-state index contributed by atoms with van der Waals surface area (Å²) in [6, 6.07) is 19.4. The van der Waals surface area contributed by atoms with E-state index in [0.717, 1.165) is 28.5 Å². The second kappa shape index (κ2) is 8.21. The van der Waals surface area contributed by atoms with Crippen molar-refractivity contribution in [3.8, 4) is 22.8 Å². The number of rotatable bonds is 6. The van der Waals surface area contributed by atoms with Gasteiger partial charge in [0.2, 0.25) is 5.95 Å². The maximum Gasteiger partial charge on any atom is 0.289 e. The molecule has 0 radical (unpaired) electrons. The van der Waals surface area contributed by atoms with Crippen molar-refractivity contribution in [2.45, 2.75) is 6.73 Å². The lowest BCUT2D eigenvalue weighted by molar-refractivity contribution is -0.719. The molecule has 0 unspecified atom stereocenters. The summed E-state index contributed by atoms with van der Waals surface area (Å²) in [5, 5.41) is 3.88. The molecule has 2 aromatic heterocycles. The Balaban J connectivity index is 1.66. The van der Waals surface area contributed by atoms with Crippen LogP contribution in [0.3, 0.4) is 0 Å². The van der Waals surface area contributed by atoms with Crippen LogP contribution in [0.5, 0.6) is 0 Å². The molecule has 0 bridgehead atoms. The maximum absolute atomic E-state index is 5.94. The van der Waals surface area contributed by atoms with Gasteiger partial charge in [-0.3, -0.25) is 0 Å². The molecule has 140 valence electrons. The van der Waals surface area contributed by atoms with Crippen LogP contribution in [-0.2, 0) is 11.5 Å². The summed E-state index contributed by atoms with van der Waals surface area (Å²) in [7, 11) is 1.67. The fraction of sp³-hybridized carbons (Fsp3) is 0.0952. The van der Waals surface area contributed by atoms with E-state index in [1.165, 1.54) is 0 Å². The highest BCUT2D eigenvalue weighted by molar-refractivity contribution is 6.30. The van der Waals surface area contributed by atoms with E-state index < -0.39 is 0 Å². The molecule has 0 aliphatic heterocycles. The first-order valence-corrected chi connectivity index (χ1v) is 9.13. The van der Waals surface area contributed by atoms with Gasteiger partial charge in [0.05, 0.1) is 5.56 Å². The van der Waals surface area contributed by atoms with Gasteiger partial charge in [-0.15, -0.1) is 0 Å². The SMILES string of the molecule is COC[n+]1cc(-c2ccnc(Nc3ccc(Cl)cc3)n2)[nH]c1-c1ccccc1. The van der Waals surface area contributed by atoms with Crippen LogP contribution in [0, 0.1) is 0 Å². The number of aromatic nitrogens is 4. The number of nitrogens with zero attached hydrogens (tertiary/aromatic N) is 3. The number of nitrogens with one attached hydrogen (secondary N) is 2. The Hall–Kier alpha value is -3.22. The molecular weight excluding hydrogens is 374 g/mol. The highest BCUT2D eigenvalue weighted by Crippen LogP contribution is 2.22. The number of benzene rings is 2. The van der Waals surface area contributed by atoms with E-state index in [1.54, 1.807) is 13.3 Å². The predicted octanol–water partition coefficient (Wildman–Crippen LogP) is 4.43. The van der Waals surface area contributed by atoms with Crippen LogP contribution in [0.4, 0.5) is 11.6 Å². The fourth-order valence-corrected chi connectivity index (χ4v) is 3.01. The standard InChI is InChI=1S/C21H18ClN5O/c1-28-14-27-13-19(25-20(27)15-5-3-2-4-6-15)18-11-12-23-21(26-18)24-17-9-7-16(22)8-10-17/h2-13H,14H2,1H3,(H,23,24,26)/p+1. The van der Waals surface area contributed by atoms with Crippen LogP contribution in [0.2, 0.25) is 5.02 Å². The van der Waals surface area contributed by atoms with Gasteiger partial charge >= 0.3 is 0 Å². The summed E-state index contributed by atoms with van der Waals surface area (Å²) < 4.78 is 7.35. The lowest BCUT2D eigenvalue weighted by atomic mass is 10.2. The smallest absolute Gasteiger partial charge is 0.289 e. The number of imidazole rings is 1. The van der Waals surface area contributed by atoms with Gasteiger partial charge in [-0.1, -0.05) is 29.8 Å². The summed E-state index contributed by atoms with van der Waals surface area (Å²) in [6.45, 7) is 0.432. The third-order valence-corrected chi connectivity index (χ3v) is 4.42. The van der Waals surface area contributed by atoms with Crippen LogP contribution in [-0.4, -0.2) is 22.1 Å². The van der Waals surface area contributed by atoms with Crippen molar-refractivity contribution < 1.29 is 9.30 Å². The van der Waals surface area contributed by atoms with Crippen LogP contribution in [0.25, 0.3) is 22.8 Å².